The number of benzene rings is 2. The minimum absolute atomic E-state index is 0.0462. The molecule has 0 spiro atoms. The number of hydrogen-bond acceptors (Lipinski definition) is 4. The third-order valence-electron chi connectivity index (χ3n) is 6.61. The predicted molar refractivity (Wildman–Crippen MR) is 106 cm³/mol. The van der Waals surface area contributed by atoms with E-state index >= 15 is 0 Å². The maximum atomic E-state index is 13.2. The maximum absolute atomic E-state index is 13.2. The van der Waals surface area contributed by atoms with Gasteiger partial charge in [0, 0.05) is 37.1 Å². The average molecular weight is 385 g/mol. The fraction of sp³-hybridized carbons (Fsp3) is 0.261. The first kappa shape index (κ1) is 16.5. The summed E-state index contributed by atoms with van der Waals surface area (Å²) in [4.78, 5) is 27.7. The highest BCUT2D eigenvalue weighted by Gasteiger charge is 2.89. The Labute approximate surface area is 167 Å². The number of nitrogens with zero attached hydrogens (tertiary/aromatic N) is 2. The first-order chi connectivity index (χ1) is 14.1. The maximum Gasteiger partial charge on any atom is 0.274 e. The molecule has 1 aromatic heterocycles. The molecule has 7 rings (SSSR count). The lowest BCUT2D eigenvalue weighted by Crippen LogP contribution is -2.54. The van der Waals surface area contributed by atoms with Gasteiger partial charge in [0.2, 0.25) is 0 Å². The summed E-state index contributed by atoms with van der Waals surface area (Å²) in [5, 5.41) is 6.92. The minimum Gasteiger partial charge on any atom is -0.360 e. The molecule has 6 heteroatoms. The topological polar surface area (TPSA) is 75.4 Å². The molecule has 2 aromatic carbocycles. The first-order valence-electron chi connectivity index (χ1n) is 9.80. The summed E-state index contributed by atoms with van der Waals surface area (Å²) >= 11 is 0. The van der Waals surface area contributed by atoms with Gasteiger partial charge in [-0.05, 0) is 23.1 Å². The van der Waals surface area contributed by atoms with E-state index in [2.05, 4.69) is 16.5 Å². The SMILES string of the molecule is CN1C(=O)C2(NC(=O)c3cc(Cc4ccccc4)on3)C3C(c4ccccc41)[C@H]32. The molecule has 3 aromatic rings. The highest BCUT2D eigenvalue weighted by molar-refractivity contribution is 6.11. The highest BCUT2D eigenvalue weighted by atomic mass is 16.5. The molecule has 4 atom stereocenters. The Balaban J connectivity index is 1.22. The number of para-hydroxylation sites is 1. The van der Waals surface area contributed by atoms with E-state index < -0.39 is 5.54 Å². The number of hydrogen-bond donors (Lipinski definition) is 1. The van der Waals surface area contributed by atoms with Crippen LogP contribution in [0.15, 0.2) is 65.2 Å². The molecule has 6 nitrogen and oxygen atoms in total. The van der Waals surface area contributed by atoms with Gasteiger partial charge in [-0.25, -0.2) is 0 Å². The second kappa shape index (κ2) is 5.56. The normalized spacial score (nSPS) is 28.2. The lowest BCUT2D eigenvalue weighted by atomic mass is 9.92. The summed E-state index contributed by atoms with van der Waals surface area (Å²) in [6, 6.07) is 19.5. The van der Waals surface area contributed by atoms with Gasteiger partial charge in [0.05, 0.1) is 0 Å². The molecule has 0 radical (unpaired) electrons. The molecule has 2 bridgehead atoms. The van der Waals surface area contributed by atoms with Gasteiger partial charge in [0.15, 0.2) is 5.69 Å². The molecule has 1 N–H and O–H groups in total. The van der Waals surface area contributed by atoms with Gasteiger partial charge in [0.25, 0.3) is 11.8 Å². The fourth-order valence-electron chi connectivity index (χ4n) is 5.11. The van der Waals surface area contributed by atoms with E-state index in [-0.39, 0.29) is 29.3 Å². The van der Waals surface area contributed by atoms with Gasteiger partial charge in [-0.1, -0.05) is 53.7 Å². The smallest absolute Gasteiger partial charge is 0.274 e. The van der Waals surface area contributed by atoms with Crippen molar-refractivity contribution >= 4 is 17.5 Å². The molecule has 3 unspecified atom stereocenters. The van der Waals surface area contributed by atoms with Gasteiger partial charge < -0.3 is 14.7 Å². The van der Waals surface area contributed by atoms with Crippen LogP contribution in [0.4, 0.5) is 5.69 Å². The van der Waals surface area contributed by atoms with Crippen molar-refractivity contribution < 1.29 is 14.1 Å². The molecule has 2 fully saturated rings. The minimum atomic E-state index is -0.798. The van der Waals surface area contributed by atoms with Crippen LogP contribution in [0.5, 0.6) is 0 Å². The van der Waals surface area contributed by atoms with E-state index in [1.165, 1.54) is 5.56 Å². The largest absolute Gasteiger partial charge is 0.360 e. The van der Waals surface area contributed by atoms with E-state index in [9.17, 15) is 9.59 Å². The van der Waals surface area contributed by atoms with Crippen LogP contribution in [0.2, 0.25) is 0 Å². The van der Waals surface area contributed by atoms with Gasteiger partial charge in [-0.15, -0.1) is 0 Å². The molecule has 2 aliphatic carbocycles. The molecule has 2 saturated carbocycles. The van der Waals surface area contributed by atoms with E-state index in [1.54, 1.807) is 18.0 Å². The lowest BCUT2D eigenvalue weighted by molar-refractivity contribution is -0.122. The van der Waals surface area contributed by atoms with Crippen LogP contribution in [0.1, 0.15) is 33.3 Å². The van der Waals surface area contributed by atoms with Crippen LogP contribution in [0.25, 0.3) is 0 Å². The molecule has 3 heterocycles. The Bertz CT molecular complexity index is 1140. The summed E-state index contributed by atoms with van der Waals surface area (Å²) < 4.78 is 5.35. The van der Waals surface area contributed by atoms with Gasteiger partial charge >= 0.3 is 0 Å². The molecule has 29 heavy (non-hydrogen) atoms. The number of fused-ring (bicyclic) bond motifs is 1. The van der Waals surface area contributed by atoms with Crippen molar-refractivity contribution in [3.05, 3.63) is 83.2 Å². The Morgan fingerprint density at radius 1 is 1.14 bits per heavy atom. The zero-order valence-corrected chi connectivity index (χ0v) is 15.8. The number of nitrogens with one attached hydrogen (secondary N) is 1. The third kappa shape index (κ3) is 2.20. The number of carbonyl (C=O) groups is 2. The van der Waals surface area contributed by atoms with Crippen molar-refractivity contribution in [3.63, 3.8) is 0 Å². The van der Waals surface area contributed by atoms with E-state index in [4.69, 9.17) is 4.52 Å². The van der Waals surface area contributed by atoms with Crippen LogP contribution in [-0.4, -0.2) is 29.6 Å². The van der Waals surface area contributed by atoms with Gasteiger partial charge in [0.1, 0.15) is 11.3 Å². The molecule has 2 amide bonds. The molecular formula is C23H19N3O3. The predicted octanol–water partition coefficient (Wildman–Crippen LogP) is 2.75. The van der Waals surface area contributed by atoms with Crippen LogP contribution in [0.3, 0.4) is 0 Å². The number of amides is 2. The summed E-state index contributed by atoms with van der Waals surface area (Å²) in [5.74, 6) is 0.934. The number of anilines is 1. The monoisotopic (exact) mass is 385 g/mol. The van der Waals surface area contributed by atoms with Crippen LogP contribution < -0.4 is 10.2 Å². The Morgan fingerprint density at radius 2 is 1.86 bits per heavy atom. The van der Waals surface area contributed by atoms with Crippen molar-refractivity contribution in [1.82, 2.24) is 10.5 Å². The van der Waals surface area contributed by atoms with Crippen molar-refractivity contribution in [2.24, 2.45) is 11.8 Å². The van der Waals surface area contributed by atoms with E-state index in [0.717, 1.165) is 11.3 Å². The van der Waals surface area contributed by atoms with Crippen molar-refractivity contribution in [2.45, 2.75) is 17.9 Å². The van der Waals surface area contributed by atoms with Crippen molar-refractivity contribution in [1.29, 1.82) is 0 Å². The fourth-order valence-corrected chi connectivity index (χ4v) is 5.11. The average Bonchev–Trinajstić information content (AvgIpc) is 3.60. The Hall–Kier alpha value is -3.41. The lowest BCUT2D eigenvalue weighted by Gasteiger charge is -2.26. The molecule has 4 aliphatic rings. The number of likely N-dealkylation sites (N-methyl/N-ethyl adjacent to an activating group) is 1. The summed E-state index contributed by atoms with van der Waals surface area (Å²) in [6.07, 6.45) is 0.566. The van der Waals surface area contributed by atoms with Crippen molar-refractivity contribution in [3.8, 4) is 0 Å². The van der Waals surface area contributed by atoms with Crippen LogP contribution >= 0.6 is 0 Å². The summed E-state index contributed by atoms with van der Waals surface area (Å²) in [7, 11) is 1.78. The van der Waals surface area contributed by atoms with E-state index in [0.29, 0.717) is 18.1 Å². The summed E-state index contributed by atoms with van der Waals surface area (Å²) in [5.41, 5.74) is 2.64. The Kier molecular flexibility index (Phi) is 3.17. The quantitative estimate of drug-likeness (QED) is 0.749. The van der Waals surface area contributed by atoms with Crippen LogP contribution in [0, 0.1) is 11.8 Å². The zero-order chi connectivity index (χ0) is 19.8. The Morgan fingerprint density at radius 3 is 2.66 bits per heavy atom. The van der Waals surface area contributed by atoms with Crippen molar-refractivity contribution in [2.75, 3.05) is 11.9 Å². The standard InChI is InChI=1S/C23H19N3O3/c1-26-17-10-6-5-9-15(17)18-19-20(18)23(19,22(26)28)24-21(27)16-12-14(29-25-16)11-13-7-3-2-4-8-13/h2-10,12,18-20H,11H2,1H3,(H,24,27)/t18?,19-,20?,23?/m1/s1. The third-order valence-corrected chi connectivity index (χ3v) is 6.61. The highest BCUT2D eigenvalue weighted by Crippen LogP contribution is 2.82. The molecule has 0 saturated heterocycles. The second-order valence-electron chi connectivity index (χ2n) is 8.16. The number of rotatable bonds is 4. The number of carbonyl (C=O) groups excluding carboxylic acids is 2. The second-order valence-corrected chi connectivity index (χ2v) is 8.16. The molecule has 144 valence electrons. The first-order valence-corrected chi connectivity index (χ1v) is 9.80. The van der Waals surface area contributed by atoms with Gasteiger partial charge in [-0.2, -0.15) is 0 Å². The number of aromatic nitrogens is 1. The summed E-state index contributed by atoms with van der Waals surface area (Å²) in [6.45, 7) is 0. The molecule has 2 aliphatic heterocycles. The van der Waals surface area contributed by atoms with E-state index in [1.807, 2.05) is 48.5 Å². The zero-order valence-electron chi connectivity index (χ0n) is 15.8. The molecular weight excluding hydrogens is 366 g/mol. The van der Waals surface area contributed by atoms with Crippen LogP contribution in [-0.2, 0) is 11.2 Å². The van der Waals surface area contributed by atoms with Gasteiger partial charge in [-0.3, -0.25) is 9.59 Å².